The zero-order chi connectivity index (χ0) is 12.3. The number of nitrogens with one attached hydrogen (secondary N) is 1. The molecule has 2 heterocycles. The van der Waals surface area contributed by atoms with Gasteiger partial charge in [0, 0.05) is 17.8 Å². The molecule has 0 aliphatic rings. The molecule has 0 spiro atoms. The number of rotatable bonds is 3. The van der Waals surface area contributed by atoms with Crippen molar-refractivity contribution in [3.05, 3.63) is 50.0 Å². The third-order valence-corrected chi connectivity index (χ3v) is 4.17. The van der Waals surface area contributed by atoms with Gasteiger partial charge >= 0.3 is 0 Å². The number of amides is 1. The number of carbonyl (C=O) groups excluding carboxylic acids is 1. The number of carbonyl (C=O) groups is 1. The van der Waals surface area contributed by atoms with Gasteiger partial charge in [0.2, 0.25) is 0 Å². The molecule has 2 aromatic rings. The number of nitrogens with zero attached hydrogens (tertiary/aromatic N) is 1. The van der Waals surface area contributed by atoms with Crippen LogP contribution in [0.25, 0.3) is 0 Å². The Kier molecular flexibility index (Phi) is 4.11. The van der Waals surface area contributed by atoms with Gasteiger partial charge in [-0.1, -0.05) is 0 Å². The van der Waals surface area contributed by atoms with Crippen LogP contribution in [0.2, 0.25) is 0 Å². The van der Waals surface area contributed by atoms with Gasteiger partial charge in [0.1, 0.15) is 0 Å². The van der Waals surface area contributed by atoms with Crippen LogP contribution >= 0.6 is 33.9 Å². The van der Waals surface area contributed by atoms with Crippen molar-refractivity contribution in [3.8, 4) is 0 Å². The second-order valence-electron chi connectivity index (χ2n) is 3.62. The Balaban J connectivity index is 2.04. The highest BCUT2D eigenvalue weighted by atomic mass is 127. The zero-order valence-corrected chi connectivity index (χ0v) is 12.2. The first-order chi connectivity index (χ1) is 8.16. The third-order valence-electron chi connectivity index (χ3n) is 2.38. The Morgan fingerprint density at radius 1 is 1.47 bits per heavy atom. The highest BCUT2D eigenvalue weighted by Gasteiger charge is 2.12. The summed E-state index contributed by atoms with van der Waals surface area (Å²) in [5.41, 5.74) is 1.78. The summed E-state index contributed by atoms with van der Waals surface area (Å²) in [6, 6.07) is 5.69. The van der Waals surface area contributed by atoms with Gasteiger partial charge in [-0.25, -0.2) is 0 Å². The van der Waals surface area contributed by atoms with Gasteiger partial charge in [-0.05, 0) is 53.3 Å². The lowest BCUT2D eigenvalue weighted by atomic mass is 10.1. The Hall–Kier alpha value is -0.950. The summed E-state index contributed by atoms with van der Waals surface area (Å²) < 4.78 is 1.12. The van der Waals surface area contributed by atoms with Crippen LogP contribution in [0.15, 0.2) is 36.0 Å². The number of thiophene rings is 1. The molecule has 17 heavy (non-hydrogen) atoms. The number of hydrogen-bond donors (Lipinski definition) is 1. The molecule has 2 rings (SSSR count). The van der Waals surface area contributed by atoms with E-state index < -0.39 is 0 Å². The first-order valence-corrected chi connectivity index (χ1v) is 7.07. The number of pyridine rings is 1. The summed E-state index contributed by atoms with van der Waals surface area (Å²) in [5, 5.41) is 4.83. The quantitative estimate of drug-likeness (QED) is 0.856. The Morgan fingerprint density at radius 2 is 2.18 bits per heavy atom. The Morgan fingerprint density at radius 3 is 2.76 bits per heavy atom. The average molecular weight is 358 g/mol. The second kappa shape index (κ2) is 5.59. The fraction of sp³-hybridized carbons (Fsp3) is 0.167. The molecule has 0 aliphatic heterocycles. The Bertz CT molecular complexity index is 512. The largest absolute Gasteiger partial charge is 0.345 e. The highest BCUT2D eigenvalue weighted by Crippen LogP contribution is 2.18. The summed E-state index contributed by atoms with van der Waals surface area (Å²) in [4.78, 5) is 15.9. The smallest absolute Gasteiger partial charge is 0.252 e. The van der Waals surface area contributed by atoms with E-state index in [2.05, 4.69) is 32.9 Å². The lowest BCUT2D eigenvalue weighted by molar-refractivity contribution is 0.0940. The number of halogens is 1. The molecule has 3 nitrogen and oxygen atoms in total. The molecule has 0 aromatic carbocycles. The highest BCUT2D eigenvalue weighted by molar-refractivity contribution is 14.1. The van der Waals surface area contributed by atoms with Crippen LogP contribution in [-0.2, 0) is 0 Å². The fourth-order valence-corrected chi connectivity index (χ4v) is 2.77. The lowest BCUT2D eigenvalue weighted by Crippen LogP contribution is -2.26. The van der Waals surface area contributed by atoms with Gasteiger partial charge in [-0.3, -0.25) is 9.78 Å². The van der Waals surface area contributed by atoms with E-state index in [9.17, 15) is 4.79 Å². The number of hydrogen-bond acceptors (Lipinski definition) is 3. The van der Waals surface area contributed by atoms with Crippen LogP contribution in [0.5, 0.6) is 0 Å². The predicted octanol–water partition coefficient (Wildman–Crippen LogP) is 3.24. The molecule has 0 radical (unpaired) electrons. The molecule has 1 N–H and O–H groups in total. The van der Waals surface area contributed by atoms with Gasteiger partial charge in [0.25, 0.3) is 5.91 Å². The molecule has 0 saturated heterocycles. The molecule has 5 heteroatoms. The van der Waals surface area contributed by atoms with Crippen molar-refractivity contribution < 1.29 is 4.79 Å². The lowest BCUT2D eigenvalue weighted by Gasteiger charge is -2.13. The van der Waals surface area contributed by atoms with E-state index in [0.29, 0.717) is 0 Å². The molecule has 0 aliphatic carbocycles. The van der Waals surface area contributed by atoms with Crippen molar-refractivity contribution >= 4 is 39.8 Å². The molecule has 1 unspecified atom stereocenters. The molecule has 0 bridgehead atoms. The maximum Gasteiger partial charge on any atom is 0.252 e. The topological polar surface area (TPSA) is 42.0 Å². The predicted molar refractivity (Wildman–Crippen MR) is 77.2 cm³/mol. The summed E-state index contributed by atoms with van der Waals surface area (Å²) in [6.45, 7) is 1.96. The summed E-state index contributed by atoms with van der Waals surface area (Å²) >= 11 is 3.78. The van der Waals surface area contributed by atoms with Crippen LogP contribution in [0.3, 0.4) is 0 Å². The first kappa shape index (κ1) is 12.5. The van der Waals surface area contributed by atoms with Gasteiger partial charge in [0.15, 0.2) is 0 Å². The molecule has 1 atom stereocenters. The molecule has 88 valence electrons. The van der Waals surface area contributed by atoms with Gasteiger partial charge in [0.05, 0.1) is 14.5 Å². The maximum atomic E-state index is 11.9. The van der Waals surface area contributed by atoms with Gasteiger partial charge in [-0.15, -0.1) is 11.3 Å². The van der Waals surface area contributed by atoms with E-state index in [-0.39, 0.29) is 11.9 Å². The monoisotopic (exact) mass is 358 g/mol. The first-order valence-electron chi connectivity index (χ1n) is 5.11. The van der Waals surface area contributed by atoms with Crippen LogP contribution in [0.1, 0.15) is 28.9 Å². The average Bonchev–Trinajstić information content (AvgIpc) is 2.77. The van der Waals surface area contributed by atoms with E-state index in [4.69, 9.17) is 0 Å². The van der Waals surface area contributed by atoms with Crippen LogP contribution < -0.4 is 5.32 Å². The van der Waals surface area contributed by atoms with Crippen molar-refractivity contribution in [1.29, 1.82) is 0 Å². The van der Waals surface area contributed by atoms with Crippen molar-refractivity contribution in [3.63, 3.8) is 0 Å². The minimum atomic E-state index is -0.0338. The summed E-state index contributed by atoms with van der Waals surface area (Å²) in [5.74, 6) is -0.0338. The minimum Gasteiger partial charge on any atom is -0.345 e. The van der Waals surface area contributed by atoms with E-state index >= 15 is 0 Å². The van der Waals surface area contributed by atoms with Gasteiger partial charge in [-0.2, -0.15) is 0 Å². The van der Waals surface area contributed by atoms with E-state index in [1.165, 1.54) is 0 Å². The molecular formula is C12H11IN2OS. The summed E-state index contributed by atoms with van der Waals surface area (Å²) in [6.07, 6.45) is 3.46. The third kappa shape index (κ3) is 3.26. The zero-order valence-electron chi connectivity index (χ0n) is 9.18. The minimum absolute atomic E-state index is 0.0111. The van der Waals surface area contributed by atoms with Crippen molar-refractivity contribution in [2.24, 2.45) is 0 Å². The molecule has 1 amide bonds. The number of aromatic nitrogens is 1. The van der Waals surface area contributed by atoms with E-state index in [1.54, 1.807) is 23.7 Å². The van der Waals surface area contributed by atoms with Gasteiger partial charge < -0.3 is 5.32 Å². The molecule has 0 saturated carbocycles. The van der Waals surface area contributed by atoms with Crippen molar-refractivity contribution in [1.82, 2.24) is 10.3 Å². The SMILES string of the molecule is CC(NC(=O)c1csc(I)c1)c1ccncc1. The normalized spacial score (nSPS) is 12.1. The van der Waals surface area contributed by atoms with Crippen LogP contribution in [-0.4, -0.2) is 10.9 Å². The van der Waals surface area contributed by atoms with Crippen LogP contribution in [0.4, 0.5) is 0 Å². The molecular weight excluding hydrogens is 347 g/mol. The fourth-order valence-electron chi connectivity index (χ4n) is 1.44. The molecule has 0 fully saturated rings. The van der Waals surface area contributed by atoms with E-state index in [0.717, 1.165) is 14.0 Å². The standard InChI is InChI=1S/C12H11IN2OS/c1-8(9-2-4-14-5-3-9)15-12(16)10-6-11(13)17-7-10/h2-8H,1H3,(H,15,16). The van der Waals surface area contributed by atoms with Crippen molar-refractivity contribution in [2.45, 2.75) is 13.0 Å². The summed E-state index contributed by atoms with van der Waals surface area (Å²) in [7, 11) is 0. The van der Waals surface area contributed by atoms with Crippen LogP contribution in [0, 0.1) is 2.88 Å². The Labute approximate surface area is 117 Å². The van der Waals surface area contributed by atoms with Crippen molar-refractivity contribution in [2.75, 3.05) is 0 Å². The van der Waals surface area contributed by atoms with E-state index in [1.807, 2.05) is 30.5 Å². The maximum absolute atomic E-state index is 11.9. The second-order valence-corrected chi connectivity index (χ2v) is 6.42. The molecule has 2 aromatic heterocycles.